The third-order valence-corrected chi connectivity index (χ3v) is 5.00. The number of halogens is 1. The van der Waals surface area contributed by atoms with Crippen molar-refractivity contribution in [1.29, 1.82) is 0 Å². The first-order chi connectivity index (χ1) is 8.27. The lowest BCUT2D eigenvalue weighted by molar-refractivity contribution is 0.345. The summed E-state index contributed by atoms with van der Waals surface area (Å²) in [4.78, 5) is 3.84. The summed E-state index contributed by atoms with van der Waals surface area (Å²) in [5.74, 6) is 0. The van der Waals surface area contributed by atoms with Crippen molar-refractivity contribution >= 4 is 27.9 Å². The Morgan fingerprint density at radius 3 is 2.88 bits per heavy atom. The molecule has 1 fully saturated rings. The molecule has 1 aliphatic rings. The van der Waals surface area contributed by atoms with Gasteiger partial charge in [-0.3, -0.25) is 4.72 Å². The molecule has 1 aromatic carbocycles. The van der Waals surface area contributed by atoms with Gasteiger partial charge in [0.15, 0.2) is 0 Å². The van der Waals surface area contributed by atoms with Crippen molar-refractivity contribution in [2.45, 2.75) is 24.7 Å². The van der Waals surface area contributed by atoms with Crippen LogP contribution in [-0.4, -0.2) is 31.1 Å². The van der Waals surface area contributed by atoms with E-state index in [0.29, 0.717) is 0 Å². The van der Waals surface area contributed by atoms with Gasteiger partial charge in [0.05, 0.1) is 0 Å². The Morgan fingerprint density at radius 2 is 2.12 bits per heavy atom. The van der Waals surface area contributed by atoms with Crippen LogP contribution in [0.15, 0.2) is 27.6 Å². The van der Waals surface area contributed by atoms with E-state index in [-0.39, 0.29) is 0 Å². The second-order valence-corrected chi connectivity index (χ2v) is 6.20. The molecule has 2 nitrogen and oxygen atoms in total. The molecule has 17 heavy (non-hydrogen) atoms. The summed E-state index contributed by atoms with van der Waals surface area (Å²) in [6.45, 7) is 6.93. The van der Waals surface area contributed by atoms with E-state index in [1.54, 1.807) is 11.9 Å². The minimum Gasteiger partial charge on any atom is -0.302 e. The summed E-state index contributed by atoms with van der Waals surface area (Å²) in [6, 6.07) is 6.33. The zero-order valence-electron chi connectivity index (χ0n) is 10.2. The lowest BCUT2D eigenvalue weighted by atomic mass is 10.2. The zero-order chi connectivity index (χ0) is 12.1. The van der Waals surface area contributed by atoms with Gasteiger partial charge >= 0.3 is 0 Å². The average Bonchev–Trinajstić information content (AvgIpc) is 2.83. The number of benzene rings is 1. The molecule has 4 heteroatoms. The van der Waals surface area contributed by atoms with Crippen LogP contribution in [0.25, 0.3) is 0 Å². The first-order valence-electron chi connectivity index (χ1n) is 6.14. The van der Waals surface area contributed by atoms with Crippen LogP contribution in [0.2, 0.25) is 0 Å². The molecule has 0 aromatic heterocycles. The topological polar surface area (TPSA) is 15.3 Å². The number of hydrogen-bond acceptors (Lipinski definition) is 3. The van der Waals surface area contributed by atoms with Gasteiger partial charge in [0.25, 0.3) is 0 Å². The summed E-state index contributed by atoms with van der Waals surface area (Å²) in [5, 5.41) is 0. The Kier molecular flexibility index (Phi) is 5.35. The molecular formula is C13H19BrN2S. The molecule has 1 N–H and O–H groups in total. The molecule has 1 aromatic rings. The molecule has 2 rings (SSSR count). The standard InChI is InChI=1S/C13H19BrN2S/c1-11-12(14)5-4-6-13(11)17-15-7-10-16-8-2-3-9-16/h4-6,15H,2-3,7-10H2,1H3. The molecule has 0 amide bonds. The van der Waals surface area contributed by atoms with E-state index in [4.69, 9.17) is 0 Å². The second-order valence-electron chi connectivity index (χ2n) is 4.41. The molecular weight excluding hydrogens is 296 g/mol. The van der Waals surface area contributed by atoms with E-state index in [9.17, 15) is 0 Å². The highest BCUT2D eigenvalue weighted by molar-refractivity contribution is 9.10. The van der Waals surface area contributed by atoms with Crippen molar-refractivity contribution in [3.63, 3.8) is 0 Å². The fourth-order valence-electron chi connectivity index (χ4n) is 2.04. The minimum absolute atomic E-state index is 1.05. The van der Waals surface area contributed by atoms with E-state index in [1.165, 1.54) is 47.4 Å². The summed E-state index contributed by atoms with van der Waals surface area (Å²) < 4.78 is 4.63. The summed E-state index contributed by atoms with van der Waals surface area (Å²) in [7, 11) is 0. The molecule has 1 saturated heterocycles. The van der Waals surface area contributed by atoms with Crippen molar-refractivity contribution in [1.82, 2.24) is 9.62 Å². The Balaban J connectivity index is 1.72. The fourth-order valence-corrected chi connectivity index (χ4v) is 3.29. The van der Waals surface area contributed by atoms with Crippen LogP contribution in [-0.2, 0) is 0 Å². The van der Waals surface area contributed by atoms with Gasteiger partial charge in [0, 0.05) is 22.5 Å². The summed E-state index contributed by atoms with van der Waals surface area (Å²) in [6.07, 6.45) is 2.75. The van der Waals surface area contributed by atoms with Crippen molar-refractivity contribution in [2.24, 2.45) is 0 Å². The summed E-state index contributed by atoms with van der Waals surface area (Å²) >= 11 is 5.30. The van der Waals surface area contributed by atoms with E-state index in [2.05, 4.69) is 50.7 Å². The van der Waals surface area contributed by atoms with Crippen molar-refractivity contribution in [3.05, 3.63) is 28.2 Å². The molecule has 0 radical (unpaired) electrons. The van der Waals surface area contributed by atoms with Gasteiger partial charge in [0.2, 0.25) is 0 Å². The predicted molar refractivity (Wildman–Crippen MR) is 78.4 cm³/mol. The first-order valence-corrected chi connectivity index (χ1v) is 7.75. The zero-order valence-corrected chi connectivity index (χ0v) is 12.6. The molecule has 0 saturated carbocycles. The number of likely N-dealkylation sites (tertiary alicyclic amines) is 1. The molecule has 94 valence electrons. The smallest absolute Gasteiger partial charge is 0.0268 e. The van der Waals surface area contributed by atoms with Crippen molar-refractivity contribution < 1.29 is 0 Å². The van der Waals surface area contributed by atoms with Crippen LogP contribution in [0.1, 0.15) is 18.4 Å². The highest BCUT2D eigenvalue weighted by atomic mass is 79.9. The summed E-state index contributed by atoms with van der Waals surface area (Å²) in [5.41, 5.74) is 1.31. The second kappa shape index (κ2) is 6.78. The lowest BCUT2D eigenvalue weighted by Crippen LogP contribution is -2.27. The molecule has 1 heterocycles. The van der Waals surface area contributed by atoms with Crippen LogP contribution in [0.5, 0.6) is 0 Å². The van der Waals surface area contributed by atoms with E-state index >= 15 is 0 Å². The molecule has 0 aliphatic carbocycles. The molecule has 0 bridgehead atoms. The minimum atomic E-state index is 1.05. The number of rotatable bonds is 5. The predicted octanol–water partition coefficient (Wildman–Crippen LogP) is 3.45. The SMILES string of the molecule is Cc1c(Br)cccc1SNCCN1CCCC1. The van der Waals surface area contributed by atoms with E-state index < -0.39 is 0 Å². The normalized spacial score (nSPS) is 16.6. The molecule has 1 aliphatic heterocycles. The average molecular weight is 315 g/mol. The van der Waals surface area contributed by atoms with Crippen LogP contribution in [0.4, 0.5) is 0 Å². The fraction of sp³-hybridized carbons (Fsp3) is 0.538. The van der Waals surface area contributed by atoms with Crippen LogP contribution in [0.3, 0.4) is 0 Å². The number of hydrogen-bond donors (Lipinski definition) is 1. The highest BCUT2D eigenvalue weighted by Gasteiger charge is 2.10. The van der Waals surface area contributed by atoms with Gasteiger partial charge in [-0.05, 0) is 62.5 Å². The number of nitrogens with one attached hydrogen (secondary N) is 1. The Morgan fingerprint density at radius 1 is 1.35 bits per heavy atom. The molecule has 0 spiro atoms. The maximum absolute atomic E-state index is 3.56. The molecule has 0 unspecified atom stereocenters. The molecule has 0 atom stereocenters. The largest absolute Gasteiger partial charge is 0.302 e. The first kappa shape index (κ1) is 13.4. The number of nitrogens with zero attached hydrogens (tertiary/aromatic N) is 1. The Bertz CT molecular complexity index is 364. The van der Waals surface area contributed by atoms with E-state index in [1.807, 2.05) is 0 Å². The third-order valence-electron chi connectivity index (χ3n) is 3.13. The maximum Gasteiger partial charge on any atom is 0.0268 e. The van der Waals surface area contributed by atoms with Crippen LogP contribution < -0.4 is 4.72 Å². The van der Waals surface area contributed by atoms with E-state index in [0.717, 1.165) is 6.54 Å². The maximum atomic E-state index is 3.56. The van der Waals surface area contributed by atoms with Gasteiger partial charge in [-0.2, -0.15) is 0 Å². The monoisotopic (exact) mass is 314 g/mol. The highest BCUT2D eigenvalue weighted by Crippen LogP contribution is 2.25. The third kappa shape index (κ3) is 3.98. The Labute approximate surface area is 116 Å². The van der Waals surface area contributed by atoms with Gasteiger partial charge in [-0.25, -0.2) is 0 Å². The van der Waals surface area contributed by atoms with Crippen LogP contribution >= 0.6 is 27.9 Å². The van der Waals surface area contributed by atoms with Crippen LogP contribution in [0, 0.1) is 6.92 Å². The quantitative estimate of drug-likeness (QED) is 0.662. The van der Waals surface area contributed by atoms with Gasteiger partial charge < -0.3 is 4.90 Å². The Hall–Kier alpha value is -0.0300. The van der Waals surface area contributed by atoms with Gasteiger partial charge in [-0.15, -0.1) is 0 Å². The lowest BCUT2D eigenvalue weighted by Gasteiger charge is -2.14. The van der Waals surface area contributed by atoms with Crippen molar-refractivity contribution in [2.75, 3.05) is 26.2 Å². The van der Waals surface area contributed by atoms with Gasteiger partial charge in [0.1, 0.15) is 0 Å². The van der Waals surface area contributed by atoms with Gasteiger partial charge in [-0.1, -0.05) is 22.0 Å². The van der Waals surface area contributed by atoms with Crippen molar-refractivity contribution in [3.8, 4) is 0 Å².